The van der Waals surface area contributed by atoms with E-state index in [0.717, 1.165) is 29.0 Å². The number of nitrogens with one attached hydrogen (secondary N) is 3. The Bertz CT molecular complexity index is 886. The van der Waals surface area contributed by atoms with Crippen molar-refractivity contribution >= 4 is 17.6 Å². The number of benzene rings is 1. The van der Waals surface area contributed by atoms with Crippen molar-refractivity contribution in [1.82, 2.24) is 15.6 Å². The number of carbonyl (C=O) groups is 1. The van der Waals surface area contributed by atoms with Crippen molar-refractivity contribution in [3.63, 3.8) is 0 Å². The highest BCUT2D eigenvalue weighted by Crippen LogP contribution is 2.35. The monoisotopic (exact) mass is 411 g/mol. The molecular formula is C22H29N5O3. The summed E-state index contributed by atoms with van der Waals surface area (Å²) in [6.45, 7) is 7.75. The molecule has 2 heterocycles. The van der Waals surface area contributed by atoms with E-state index < -0.39 is 0 Å². The van der Waals surface area contributed by atoms with E-state index >= 15 is 0 Å². The van der Waals surface area contributed by atoms with Crippen LogP contribution in [-0.4, -0.2) is 42.7 Å². The Morgan fingerprint density at radius 2 is 2.20 bits per heavy atom. The van der Waals surface area contributed by atoms with Crippen molar-refractivity contribution in [3.05, 3.63) is 47.8 Å². The Morgan fingerprint density at radius 1 is 1.33 bits per heavy atom. The van der Waals surface area contributed by atoms with Crippen molar-refractivity contribution < 1.29 is 14.3 Å². The number of aromatic nitrogens is 1. The summed E-state index contributed by atoms with van der Waals surface area (Å²) in [5.41, 5.74) is 2.76. The van der Waals surface area contributed by atoms with E-state index in [-0.39, 0.29) is 18.6 Å². The van der Waals surface area contributed by atoms with E-state index in [0.29, 0.717) is 31.3 Å². The molecule has 1 unspecified atom stereocenters. The normalized spacial score (nSPS) is 15.2. The molecule has 3 N–H and O–H groups in total. The molecule has 1 aliphatic rings. The number of pyridine rings is 1. The quantitative estimate of drug-likeness (QED) is 0.456. The molecule has 1 atom stereocenters. The summed E-state index contributed by atoms with van der Waals surface area (Å²) < 4.78 is 11.7. The van der Waals surface area contributed by atoms with Crippen LogP contribution < -0.4 is 25.4 Å². The first kappa shape index (κ1) is 21.4. The molecule has 30 heavy (non-hydrogen) atoms. The van der Waals surface area contributed by atoms with Gasteiger partial charge in [-0.3, -0.25) is 9.78 Å². The summed E-state index contributed by atoms with van der Waals surface area (Å²) in [4.78, 5) is 20.8. The first-order valence-electron chi connectivity index (χ1n) is 10.3. The van der Waals surface area contributed by atoms with Gasteiger partial charge in [-0.1, -0.05) is 0 Å². The number of hydrogen-bond donors (Lipinski definition) is 3. The van der Waals surface area contributed by atoms with Crippen LogP contribution >= 0.6 is 0 Å². The van der Waals surface area contributed by atoms with Crippen LogP contribution in [0.1, 0.15) is 31.9 Å². The van der Waals surface area contributed by atoms with E-state index in [9.17, 15) is 4.79 Å². The van der Waals surface area contributed by atoms with E-state index in [4.69, 9.17) is 9.47 Å². The highest BCUT2D eigenvalue weighted by Gasteiger charge is 2.21. The highest BCUT2D eigenvalue weighted by atomic mass is 16.5. The van der Waals surface area contributed by atoms with Gasteiger partial charge in [-0.15, -0.1) is 0 Å². The average molecular weight is 412 g/mol. The van der Waals surface area contributed by atoms with Crippen LogP contribution in [0.25, 0.3) is 0 Å². The smallest absolute Gasteiger partial charge is 0.243 e. The molecule has 0 saturated carbocycles. The second-order valence-corrected chi connectivity index (χ2v) is 6.97. The molecule has 2 aromatic rings. The lowest BCUT2D eigenvalue weighted by Gasteiger charge is -2.14. The number of guanidine groups is 1. The maximum Gasteiger partial charge on any atom is 0.243 e. The van der Waals surface area contributed by atoms with Crippen LogP contribution in [0.3, 0.4) is 0 Å². The zero-order valence-corrected chi connectivity index (χ0v) is 17.7. The molecule has 1 amide bonds. The average Bonchev–Trinajstić information content (AvgIpc) is 3.09. The van der Waals surface area contributed by atoms with Crippen LogP contribution in [0.5, 0.6) is 11.5 Å². The van der Waals surface area contributed by atoms with E-state index in [1.807, 2.05) is 19.9 Å². The highest BCUT2D eigenvalue weighted by molar-refractivity contribution is 5.94. The van der Waals surface area contributed by atoms with Gasteiger partial charge in [0.1, 0.15) is 17.6 Å². The number of hydrogen-bond acceptors (Lipinski definition) is 5. The Balaban J connectivity index is 1.65. The number of carbonyl (C=O) groups excluding carboxylic acids is 1. The van der Waals surface area contributed by atoms with Gasteiger partial charge in [0.2, 0.25) is 5.91 Å². The summed E-state index contributed by atoms with van der Waals surface area (Å²) in [5.74, 6) is 2.09. The van der Waals surface area contributed by atoms with Gasteiger partial charge in [-0.05, 0) is 45.0 Å². The maximum absolute atomic E-state index is 12.2. The Kier molecular flexibility index (Phi) is 7.48. The zero-order chi connectivity index (χ0) is 21.3. The molecule has 1 aliphatic heterocycles. The summed E-state index contributed by atoms with van der Waals surface area (Å²) in [5, 5.41) is 9.00. The topological polar surface area (TPSA) is 96.9 Å². The van der Waals surface area contributed by atoms with Gasteiger partial charge in [0.15, 0.2) is 5.96 Å². The number of rotatable bonds is 8. The maximum atomic E-state index is 12.2. The molecule has 0 aliphatic carbocycles. The second kappa shape index (κ2) is 10.5. The summed E-state index contributed by atoms with van der Waals surface area (Å²) in [6, 6.07) is 7.61. The van der Waals surface area contributed by atoms with Gasteiger partial charge >= 0.3 is 0 Å². The number of ether oxygens (including phenoxy) is 2. The number of fused-ring (bicyclic) bond motifs is 1. The third-order valence-corrected chi connectivity index (χ3v) is 4.49. The number of amides is 1. The molecule has 1 aromatic heterocycles. The Morgan fingerprint density at radius 3 is 2.93 bits per heavy atom. The van der Waals surface area contributed by atoms with Gasteiger partial charge < -0.3 is 25.4 Å². The standard InChI is InChI=1S/C22H29N5O3/c1-4-24-22(26-14-21(28)27-18-7-6-8-23-13-18)25-12-17-11-20-16(9-15(3)30-20)10-19(17)29-5-2/h6-8,10-11,13,15H,4-5,9,12,14H2,1-3H3,(H,27,28)(H2,24,25,26). The van der Waals surface area contributed by atoms with Crippen molar-refractivity contribution in [1.29, 1.82) is 0 Å². The minimum atomic E-state index is -0.177. The molecule has 3 rings (SSSR count). The van der Waals surface area contributed by atoms with Crippen LogP contribution in [0.15, 0.2) is 41.7 Å². The van der Waals surface area contributed by atoms with Gasteiger partial charge in [-0.2, -0.15) is 0 Å². The van der Waals surface area contributed by atoms with E-state index in [2.05, 4.69) is 38.9 Å². The van der Waals surface area contributed by atoms with Gasteiger partial charge in [0.05, 0.1) is 31.6 Å². The van der Waals surface area contributed by atoms with Gasteiger partial charge in [-0.25, -0.2) is 4.99 Å². The predicted octanol–water partition coefficient (Wildman–Crippen LogP) is 2.50. The van der Waals surface area contributed by atoms with Crippen LogP contribution in [-0.2, 0) is 17.8 Å². The fraction of sp³-hybridized carbons (Fsp3) is 0.409. The van der Waals surface area contributed by atoms with Crippen molar-refractivity contribution in [3.8, 4) is 11.5 Å². The molecule has 0 spiro atoms. The molecule has 0 radical (unpaired) electrons. The fourth-order valence-electron chi connectivity index (χ4n) is 3.21. The lowest BCUT2D eigenvalue weighted by atomic mass is 10.1. The van der Waals surface area contributed by atoms with Gasteiger partial charge in [0.25, 0.3) is 0 Å². The minimum absolute atomic E-state index is 0.0872. The third kappa shape index (κ3) is 5.85. The van der Waals surface area contributed by atoms with Gasteiger partial charge in [0, 0.05) is 30.3 Å². The molecule has 160 valence electrons. The van der Waals surface area contributed by atoms with E-state index in [1.165, 1.54) is 0 Å². The largest absolute Gasteiger partial charge is 0.494 e. The molecular weight excluding hydrogens is 382 g/mol. The molecule has 1 aromatic carbocycles. The minimum Gasteiger partial charge on any atom is -0.494 e. The molecule has 8 heteroatoms. The molecule has 0 fully saturated rings. The summed E-state index contributed by atoms with van der Waals surface area (Å²) in [6.07, 6.45) is 4.31. The first-order chi connectivity index (χ1) is 14.6. The zero-order valence-electron chi connectivity index (χ0n) is 17.7. The molecule has 8 nitrogen and oxygen atoms in total. The number of anilines is 1. The lowest BCUT2D eigenvalue weighted by Crippen LogP contribution is -2.41. The van der Waals surface area contributed by atoms with Crippen LogP contribution in [0, 0.1) is 0 Å². The van der Waals surface area contributed by atoms with Crippen molar-refractivity contribution in [2.75, 3.05) is 25.0 Å². The summed E-state index contributed by atoms with van der Waals surface area (Å²) >= 11 is 0. The van der Waals surface area contributed by atoms with Crippen molar-refractivity contribution in [2.45, 2.75) is 39.8 Å². The molecule has 0 bridgehead atoms. The lowest BCUT2D eigenvalue weighted by molar-refractivity contribution is -0.115. The van der Waals surface area contributed by atoms with Crippen LogP contribution in [0.4, 0.5) is 5.69 Å². The first-order valence-corrected chi connectivity index (χ1v) is 10.3. The third-order valence-electron chi connectivity index (χ3n) is 4.49. The SMILES string of the molecule is CCNC(=NCc1cc2c(cc1OCC)CC(C)O2)NCC(=O)Nc1cccnc1. The Hall–Kier alpha value is -3.29. The van der Waals surface area contributed by atoms with Crippen LogP contribution in [0.2, 0.25) is 0 Å². The predicted molar refractivity (Wildman–Crippen MR) is 117 cm³/mol. The van der Waals surface area contributed by atoms with E-state index in [1.54, 1.807) is 24.5 Å². The summed E-state index contributed by atoms with van der Waals surface area (Å²) in [7, 11) is 0. The van der Waals surface area contributed by atoms with Crippen molar-refractivity contribution in [2.24, 2.45) is 4.99 Å². The molecule has 0 saturated heterocycles. The second-order valence-electron chi connectivity index (χ2n) is 6.97. The fourth-order valence-corrected chi connectivity index (χ4v) is 3.21. The Labute approximate surface area is 177 Å². The number of nitrogens with zero attached hydrogens (tertiary/aromatic N) is 2. The number of aliphatic imine (C=N–C) groups is 1.